The highest BCUT2D eigenvalue weighted by molar-refractivity contribution is 6.42. The van der Waals surface area contributed by atoms with Crippen molar-refractivity contribution in [2.45, 2.75) is 25.5 Å². The Kier molecular flexibility index (Phi) is 5.27. The molecule has 110 valence electrons. The van der Waals surface area contributed by atoms with Crippen LogP contribution in [-0.2, 0) is 9.53 Å². The van der Waals surface area contributed by atoms with E-state index in [1.165, 1.54) is 0 Å². The van der Waals surface area contributed by atoms with Crippen LogP contribution in [0.5, 0.6) is 0 Å². The van der Waals surface area contributed by atoms with Crippen LogP contribution >= 0.6 is 23.2 Å². The van der Waals surface area contributed by atoms with Crippen LogP contribution in [0.4, 0.5) is 0 Å². The van der Waals surface area contributed by atoms with Crippen molar-refractivity contribution >= 4 is 29.2 Å². The number of morpholine rings is 1. The number of hydrogen-bond donors (Lipinski definition) is 1. The number of carbonyl (C=O) groups is 1. The predicted octanol–water partition coefficient (Wildman–Crippen LogP) is 3.23. The van der Waals surface area contributed by atoms with Gasteiger partial charge in [0.25, 0.3) is 0 Å². The third-order valence-corrected chi connectivity index (χ3v) is 4.26. The third kappa shape index (κ3) is 3.44. The van der Waals surface area contributed by atoms with Crippen LogP contribution < -0.4 is 0 Å². The summed E-state index contributed by atoms with van der Waals surface area (Å²) in [6.45, 7) is 3.56. The van der Waals surface area contributed by atoms with Crippen molar-refractivity contribution < 1.29 is 14.6 Å². The fourth-order valence-corrected chi connectivity index (χ4v) is 2.76. The molecule has 1 aromatic carbocycles. The van der Waals surface area contributed by atoms with Crippen LogP contribution in [0.3, 0.4) is 0 Å². The van der Waals surface area contributed by atoms with Gasteiger partial charge in [-0.25, -0.2) is 0 Å². The summed E-state index contributed by atoms with van der Waals surface area (Å²) in [5, 5.41) is 10.2. The van der Waals surface area contributed by atoms with Crippen molar-refractivity contribution in [3.63, 3.8) is 0 Å². The molecule has 1 aromatic rings. The highest BCUT2D eigenvalue weighted by atomic mass is 35.5. The average Bonchev–Trinajstić information content (AvgIpc) is 2.42. The minimum atomic E-state index is -0.790. The van der Waals surface area contributed by atoms with E-state index in [2.05, 4.69) is 0 Å². The summed E-state index contributed by atoms with van der Waals surface area (Å²) < 4.78 is 5.73. The van der Waals surface area contributed by atoms with Gasteiger partial charge in [-0.1, -0.05) is 36.2 Å². The SMILES string of the molecule is CCC(C(=O)O)N1CCOC(c2ccc(Cl)c(Cl)c2)C1. The molecule has 0 spiro atoms. The molecule has 0 aliphatic carbocycles. The Bertz CT molecular complexity index is 495. The lowest BCUT2D eigenvalue weighted by molar-refractivity contribution is -0.147. The largest absolute Gasteiger partial charge is 0.480 e. The van der Waals surface area contributed by atoms with Gasteiger partial charge in [0, 0.05) is 13.1 Å². The van der Waals surface area contributed by atoms with Gasteiger partial charge in [-0.05, 0) is 24.1 Å². The van der Waals surface area contributed by atoms with Crippen molar-refractivity contribution in [3.05, 3.63) is 33.8 Å². The first kappa shape index (κ1) is 15.6. The van der Waals surface area contributed by atoms with Gasteiger partial charge < -0.3 is 9.84 Å². The number of aliphatic carboxylic acids is 1. The van der Waals surface area contributed by atoms with E-state index < -0.39 is 12.0 Å². The smallest absolute Gasteiger partial charge is 0.320 e. The summed E-state index contributed by atoms with van der Waals surface area (Å²) >= 11 is 11.9. The molecule has 1 aliphatic heterocycles. The fourth-order valence-electron chi connectivity index (χ4n) is 2.46. The highest BCUT2D eigenvalue weighted by Gasteiger charge is 2.30. The molecule has 1 N–H and O–H groups in total. The van der Waals surface area contributed by atoms with Gasteiger partial charge >= 0.3 is 5.97 Å². The van der Waals surface area contributed by atoms with Crippen molar-refractivity contribution in [3.8, 4) is 0 Å². The quantitative estimate of drug-likeness (QED) is 0.926. The topological polar surface area (TPSA) is 49.8 Å². The zero-order valence-electron chi connectivity index (χ0n) is 11.2. The second kappa shape index (κ2) is 6.76. The maximum absolute atomic E-state index is 11.3. The summed E-state index contributed by atoms with van der Waals surface area (Å²) in [7, 11) is 0. The molecule has 0 saturated carbocycles. The summed E-state index contributed by atoms with van der Waals surface area (Å²) in [6.07, 6.45) is 0.399. The number of halogens is 2. The Morgan fingerprint density at radius 3 is 2.85 bits per heavy atom. The molecule has 4 nitrogen and oxygen atoms in total. The van der Waals surface area contributed by atoms with Gasteiger partial charge in [0.1, 0.15) is 6.04 Å². The minimum Gasteiger partial charge on any atom is -0.480 e. The summed E-state index contributed by atoms with van der Waals surface area (Å²) in [5.41, 5.74) is 0.921. The van der Waals surface area contributed by atoms with E-state index >= 15 is 0 Å². The van der Waals surface area contributed by atoms with Crippen LogP contribution in [0.15, 0.2) is 18.2 Å². The minimum absolute atomic E-state index is 0.174. The number of carboxylic acids is 1. The lowest BCUT2D eigenvalue weighted by Crippen LogP contribution is -2.48. The monoisotopic (exact) mass is 317 g/mol. The molecule has 6 heteroatoms. The Balaban J connectivity index is 2.13. The van der Waals surface area contributed by atoms with E-state index in [0.717, 1.165) is 5.56 Å². The molecular formula is C14H17Cl2NO3. The standard InChI is InChI=1S/C14H17Cl2NO3/c1-2-12(14(18)19)17-5-6-20-13(8-17)9-3-4-10(15)11(16)7-9/h3-4,7,12-13H,2,5-6,8H2,1H3,(H,18,19). The molecule has 0 amide bonds. The van der Waals surface area contributed by atoms with Crippen LogP contribution in [-0.4, -0.2) is 41.7 Å². The van der Waals surface area contributed by atoms with Gasteiger partial charge in [-0.2, -0.15) is 0 Å². The van der Waals surface area contributed by atoms with E-state index in [1.54, 1.807) is 12.1 Å². The molecule has 2 unspecified atom stereocenters. The van der Waals surface area contributed by atoms with E-state index in [1.807, 2.05) is 17.9 Å². The van der Waals surface area contributed by atoms with Crippen molar-refractivity contribution in [1.29, 1.82) is 0 Å². The lowest BCUT2D eigenvalue weighted by atomic mass is 10.1. The second-order valence-corrected chi connectivity index (χ2v) is 5.60. The van der Waals surface area contributed by atoms with Gasteiger partial charge in [-0.3, -0.25) is 9.69 Å². The molecule has 1 heterocycles. The van der Waals surface area contributed by atoms with Gasteiger partial charge in [-0.15, -0.1) is 0 Å². The molecule has 0 aromatic heterocycles. The lowest BCUT2D eigenvalue weighted by Gasteiger charge is -2.36. The van der Waals surface area contributed by atoms with Crippen molar-refractivity contribution in [2.24, 2.45) is 0 Å². The maximum atomic E-state index is 11.3. The van der Waals surface area contributed by atoms with Gasteiger partial charge in [0.05, 0.1) is 22.8 Å². The first-order chi connectivity index (χ1) is 9.52. The zero-order valence-corrected chi connectivity index (χ0v) is 12.7. The molecule has 1 fully saturated rings. The van der Waals surface area contributed by atoms with E-state index in [0.29, 0.717) is 36.2 Å². The number of benzene rings is 1. The Morgan fingerprint density at radius 2 is 2.25 bits per heavy atom. The number of hydrogen-bond acceptors (Lipinski definition) is 3. The number of ether oxygens (including phenoxy) is 1. The van der Waals surface area contributed by atoms with E-state index in [-0.39, 0.29) is 6.10 Å². The molecule has 2 atom stereocenters. The normalized spacial score (nSPS) is 21.6. The average molecular weight is 318 g/mol. The van der Waals surface area contributed by atoms with E-state index in [4.69, 9.17) is 27.9 Å². The Hall–Kier alpha value is -0.810. The Labute approximate surface area is 128 Å². The first-order valence-corrected chi connectivity index (χ1v) is 7.32. The molecule has 0 bridgehead atoms. The van der Waals surface area contributed by atoms with E-state index in [9.17, 15) is 9.90 Å². The predicted molar refractivity (Wildman–Crippen MR) is 78.4 cm³/mol. The molecule has 0 radical (unpaired) electrons. The molecule has 2 rings (SSSR count). The summed E-state index contributed by atoms with van der Waals surface area (Å²) in [6, 6.07) is 4.91. The number of nitrogens with zero attached hydrogens (tertiary/aromatic N) is 1. The van der Waals surface area contributed by atoms with Crippen LogP contribution in [0.25, 0.3) is 0 Å². The van der Waals surface area contributed by atoms with Gasteiger partial charge in [0.2, 0.25) is 0 Å². The fraction of sp³-hybridized carbons (Fsp3) is 0.500. The highest BCUT2D eigenvalue weighted by Crippen LogP contribution is 2.29. The first-order valence-electron chi connectivity index (χ1n) is 6.56. The third-order valence-electron chi connectivity index (χ3n) is 3.53. The summed E-state index contributed by atoms with van der Waals surface area (Å²) in [5.74, 6) is -0.790. The van der Waals surface area contributed by atoms with Crippen molar-refractivity contribution in [1.82, 2.24) is 4.90 Å². The second-order valence-electron chi connectivity index (χ2n) is 4.79. The van der Waals surface area contributed by atoms with Gasteiger partial charge in [0.15, 0.2) is 0 Å². The molecule has 1 aliphatic rings. The van der Waals surface area contributed by atoms with Crippen LogP contribution in [0.1, 0.15) is 25.0 Å². The van der Waals surface area contributed by atoms with Crippen molar-refractivity contribution in [2.75, 3.05) is 19.7 Å². The molecule has 20 heavy (non-hydrogen) atoms. The zero-order chi connectivity index (χ0) is 14.7. The maximum Gasteiger partial charge on any atom is 0.320 e. The Morgan fingerprint density at radius 1 is 1.50 bits per heavy atom. The summed E-state index contributed by atoms with van der Waals surface area (Å²) in [4.78, 5) is 13.2. The molecular weight excluding hydrogens is 301 g/mol. The van der Waals surface area contributed by atoms with Crippen LogP contribution in [0, 0.1) is 0 Å². The van der Waals surface area contributed by atoms with Crippen LogP contribution in [0.2, 0.25) is 10.0 Å². The number of carboxylic acid groups (broad SMARTS) is 1. The molecule has 1 saturated heterocycles. The number of rotatable bonds is 4.